The zero-order valence-electron chi connectivity index (χ0n) is 10.9. The van der Waals surface area contributed by atoms with Gasteiger partial charge in [-0.25, -0.2) is 19.3 Å². The maximum absolute atomic E-state index is 11.7. The molecule has 0 bridgehead atoms. The summed E-state index contributed by atoms with van der Waals surface area (Å²) in [6.07, 6.45) is 3.14. The predicted molar refractivity (Wildman–Crippen MR) is 77.6 cm³/mol. The first kappa shape index (κ1) is 12.7. The quantitative estimate of drug-likeness (QED) is 0.704. The van der Waals surface area contributed by atoms with Gasteiger partial charge in [0, 0.05) is 16.7 Å². The molecule has 0 radical (unpaired) electrons. The van der Waals surface area contributed by atoms with Crippen molar-refractivity contribution in [2.75, 3.05) is 7.11 Å². The van der Waals surface area contributed by atoms with E-state index in [1.165, 1.54) is 10.6 Å². The third-order valence-corrected chi connectivity index (χ3v) is 3.66. The van der Waals surface area contributed by atoms with Crippen LogP contribution >= 0.6 is 12.6 Å². The number of hydrogen-bond acceptors (Lipinski definition) is 5. The van der Waals surface area contributed by atoms with Gasteiger partial charge in [-0.15, -0.1) is 12.6 Å². The Morgan fingerprint density at radius 1 is 1.40 bits per heavy atom. The smallest absolute Gasteiger partial charge is 0.347 e. The second kappa shape index (κ2) is 4.68. The van der Waals surface area contributed by atoms with E-state index in [1.807, 2.05) is 19.1 Å². The van der Waals surface area contributed by atoms with Gasteiger partial charge in [0.1, 0.15) is 5.75 Å². The zero-order chi connectivity index (χ0) is 14.3. The second-order valence-corrected chi connectivity index (χ2v) is 4.79. The molecule has 0 spiro atoms. The molecular weight excluding hydrogens is 276 g/mol. The van der Waals surface area contributed by atoms with Gasteiger partial charge in [0.05, 0.1) is 19.0 Å². The molecule has 0 saturated carbocycles. The summed E-state index contributed by atoms with van der Waals surface area (Å²) in [7, 11) is 1.59. The van der Waals surface area contributed by atoms with Crippen molar-refractivity contribution in [2.24, 2.45) is 0 Å². The fourth-order valence-corrected chi connectivity index (χ4v) is 2.34. The van der Waals surface area contributed by atoms with E-state index < -0.39 is 0 Å². The maximum Gasteiger partial charge on any atom is 0.347 e. The number of aromatic amines is 1. The van der Waals surface area contributed by atoms with E-state index in [4.69, 9.17) is 4.74 Å². The van der Waals surface area contributed by atoms with Crippen molar-refractivity contribution in [1.29, 1.82) is 0 Å². The van der Waals surface area contributed by atoms with Gasteiger partial charge < -0.3 is 4.74 Å². The van der Waals surface area contributed by atoms with Crippen molar-refractivity contribution in [3.63, 3.8) is 0 Å². The van der Waals surface area contributed by atoms with E-state index in [1.54, 1.807) is 13.3 Å². The first-order valence-electron chi connectivity index (χ1n) is 5.91. The summed E-state index contributed by atoms with van der Waals surface area (Å²) in [4.78, 5) is 16.8. The average molecular weight is 288 g/mol. The number of hydrogen-bond donors (Lipinski definition) is 2. The molecule has 0 aliphatic carbocycles. The van der Waals surface area contributed by atoms with Gasteiger partial charge in [-0.05, 0) is 18.6 Å². The Bertz CT molecular complexity index is 853. The number of thiol groups is 1. The summed E-state index contributed by atoms with van der Waals surface area (Å²) in [5.74, 6) is 0.640. The van der Waals surface area contributed by atoms with Crippen LogP contribution in [0.5, 0.6) is 5.75 Å². The lowest BCUT2D eigenvalue weighted by Crippen LogP contribution is -2.15. The molecule has 6 nitrogen and oxygen atoms in total. The Labute approximate surface area is 119 Å². The van der Waals surface area contributed by atoms with Crippen LogP contribution in [0.4, 0.5) is 0 Å². The number of H-pyrrole nitrogens is 1. The number of methoxy groups -OCH3 is 1. The number of aryl methyl sites for hydroxylation is 1. The molecule has 0 aliphatic rings. The topological polar surface area (TPSA) is 72.3 Å². The highest BCUT2D eigenvalue weighted by molar-refractivity contribution is 7.80. The molecule has 0 unspecified atom stereocenters. The van der Waals surface area contributed by atoms with Crippen LogP contribution < -0.4 is 10.4 Å². The average Bonchev–Trinajstić information content (AvgIpc) is 2.87. The highest BCUT2D eigenvalue weighted by Crippen LogP contribution is 2.36. The number of rotatable bonds is 2. The van der Waals surface area contributed by atoms with Crippen LogP contribution in [0, 0.1) is 6.92 Å². The Balaban J connectivity index is 2.28. The standard InChI is InChI=1S/C13H12N4O2S/c1-7-3-4-8(11(19-2)12(7)20)9-6-17-10(15-9)5-14-16-13(17)18/h3-6,20H,1-2H3,(H,16,18). The van der Waals surface area contributed by atoms with Gasteiger partial charge >= 0.3 is 5.69 Å². The van der Waals surface area contributed by atoms with Gasteiger partial charge in [-0.2, -0.15) is 5.10 Å². The van der Waals surface area contributed by atoms with Crippen molar-refractivity contribution in [2.45, 2.75) is 11.8 Å². The van der Waals surface area contributed by atoms with Crippen molar-refractivity contribution < 1.29 is 4.74 Å². The monoisotopic (exact) mass is 288 g/mol. The van der Waals surface area contributed by atoms with Gasteiger partial charge in [-0.1, -0.05) is 6.07 Å². The molecular formula is C13H12N4O2S. The summed E-state index contributed by atoms with van der Waals surface area (Å²) in [6, 6.07) is 3.84. The molecule has 2 heterocycles. The Hall–Kier alpha value is -2.28. The molecule has 20 heavy (non-hydrogen) atoms. The van der Waals surface area contributed by atoms with E-state index in [0.29, 0.717) is 17.1 Å². The Morgan fingerprint density at radius 2 is 2.20 bits per heavy atom. The lowest BCUT2D eigenvalue weighted by molar-refractivity contribution is 0.406. The van der Waals surface area contributed by atoms with Crippen molar-refractivity contribution in [1.82, 2.24) is 19.6 Å². The third-order valence-electron chi connectivity index (χ3n) is 3.11. The number of nitrogens with one attached hydrogen (secondary N) is 1. The van der Waals surface area contributed by atoms with Crippen LogP contribution in [0.15, 0.2) is 34.2 Å². The van der Waals surface area contributed by atoms with Crippen LogP contribution in [0.25, 0.3) is 16.9 Å². The molecule has 0 aliphatic heterocycles. The van der Waals surface area contributed by atoms with Crippen molar-refractivity contribution in [3.05, 3.63) is 40.6 Å². The highest BCUT2D eigenvalue weighted by atomic mass is 32.1. The van der Waals surface area contributed by atoms with E-state index in [0.717, 1.165) is 16.0 Å². The van der Waals surface area contributed by atoms with E-state index in [-0.39, 0.29) is 5.69 Å². The summed E-state index contributed by atoms with van der Waals surface area (Å²) < 4.78 is 6.81. The first-order valence-corrected chi connectivity index (χ1v) is 6.36. The number of benzene rings is 1. The predicted octanol–water partition coefficient (Wildman–Crippen LogP) is 1.69. The van der Waals surface area contributed by atoms with Gasteiger partial charge in [-0.3, -0.25) is 0 Å². The van der Waals surface area contributed by atoms with E-state index >= 15 is 0 Å². The molecule has 0 atom stereocenters. The lowest BCUT2D eigenvalue weighted by Gasteiger charge is -2.10. The summed E-state index contributed by atoms with van der Waals surface area (Å²) >= 11 is 4.45. The number of fused-ring (bicyclic) bond motifs is 1. The lowest BCUT2D eigenvalue weighted by atomic mass is 10.1. The molecule has 0 amide bonds. The van der Waals surface area contributed by atoms with Gasteiger partial charge in [0.2, 0.25) is 0 Å². The Kier molecular flexibility index (Phi) is 2.98. The highest BCUT2D eigenvalue weighted by Gasteiger charge is 2.14. The minimum absolute atomic E-state index is 0.335. The van der Waals surface area contributed by atoms with Crippen molar-refractivity contribution in [3.8, 4) is 17.0 Å². The Morgan fingerprint density at radius 3 is 2.90 bits per heavy atom. The number of aromatic nitrogens is 4. The van der Waals surface area contributed by atoms with Crippen LogP contribution in [0.1, 0.15) is 5.56 Å². The number of imidazole rings is 1. The molecule has 7 heteroatoms. The molecule has 3 rings (SSSR count). The fourth-order valence-electron chi connectivity index (χ4n) is 2.06. The SMILES string of the molecule is COc1c(-c2cn3c(=O)[nH]ncc3n2)ccc(C)c1S. The maximum atomic E-state index is 11.7. The molecule has 1 aromatic carbocycles. The second-order valence-electron chi connectivity index (χ2n) is 4.34. The molecule has 3 aromatic rings. The summed E-state index contributed by atoms with van der Waals surface area (Å²) in [6.45, 7) is 1.95. The molecule has 0 saturated heterocycles. The zero-order valence-corrected chi connectivity index (χ0v) is 11.8. The fraction of sp³-hybridized carbons (Fsp3) is 0.154. The van der Waals surface area contributed by atoms with Crippen LogP contribution in [0.2, 0.25) is 0 Å². The normalized spacial score (nSPS) is 10.9. The van der Waals surface area contributed by atoms with E-state index in [2.05, 4.69) is 27.8 Å². The summed E-state index contributed by atoms with van der Waals surface area (Å²) in [5.41, 5.74) is 2.57. The van der Waals surface area contributed by atoms with Crippen molar-refractivity contribution >= 4 is 18.3 Å². The minimum atomic E-state index is -0.335. The molecule has 1 N–H and O–H groups in total. The van der Waals surface area contributed by atoms with Gasteiger partial charge in [0.15, 0.2) is 5.65 Å². The van der Waals surface area contributed by atoms with Crippen LogP contribution in [-0.2, 0) is 0 Å². The molecule has 102 valence electrons. The molecule has 2 aromatic heterocycles. The number of ether oxygens (including phenoxy) is 1. The van der Waals surface area contributed by atoms with Gasteiger partial charge in [0.25, 0.3) is 0 Å². The largest absolute Gasteiger partial charge is 0.495 e. The number of nitrogens with zero attached hydrogens (tertiary/aromatic N) is 3. The first-order chi connectivity index (χ1) is 9.61. The van der Waals surface area contributed by atoms with E-state index in [9.17, 15) is 4.79 Å². The third kappa shape index (κ3) is 1.87. The van der Waals surface area contributed by atoms with Crippen LogP contribution in [0.3, 0.4) is 0 Å². The van der Waals surface area contributed by atoms with Crippen LogP contribution in [-0.4, -0.2) is 26.7 Å². The minimum Gasteiger partial charge on any atom is -0.495 e. The summed E-state index contributed by atoms with van der Waals surface area (Å²) in [5, 5.41) is 6.09. The molecule has 0 fully saturated rings.